The Balaban J connectivity index is 1.41. The number of nitrogens with zero attached hydrogens (tertiary/aromatic N) is 3. The second-order valence-corrected chi connectivity index (χ2v) is 8.16. The molecule has 0 aliphatic carbocycles. The summed E-state index contributed by atoms with van der Waals surface area (Å²) in [5, 5.41) is 2.84. The number of rotatable bonds is 7. The topological polar surface area (TPSA) is 60.9 Å². The van der Waals surface area contributed by atoms with Gasteiger partial charge in [-0.15, -0.1) is 11.3 Å². The van der Waals surface area contributed by atoms with E-state index in [-0.39, 0.29) is 0 Å². The van der Waals surface area contributed by atoms with Crippen LogP contribution in [0.2, 0.25) is 0 Å². The van der Waals surface area contributed by atoms with Gasteiger partial charge in [-0.25, -0.2) is 9.97 Å². The molecule has 26 heavy (non-hydrogen) atoms. The first kappa shape index (κ1) is 16.9. The average Bonchev–Trinajstić information content (AvgIpc) is 3.38. The van der Waals surface area contributed by atoms with Gasteiger partial charge in [0.25, 0.3) is 0 Å². The molecule has 0 aliphatic heterocycles. The molecule has 0 radical (unpaired) electrons. The number of aromatic nitrogens is 3. The number of hydrogen-bond acceptors (Lipinski definition) is 5. The van der Waals surface area contributed by atoms with E-state index in [1.165, 1.54) is 16.9 Å². The Bertz CT molecular complexity index is 991. The highest BCUT2D eigenvalue weighted by Crippen LogP contribution is 2.24. The largest absolute Gasteiger partial charge is 0.472 e. The van der Waals surface area contributed by atoms with Crippen LogP contribution in [0, 0.1) is 0 Å². The lowest BCUT2D eigenvalue weighted by molar-refractivity contribution is 0.568. The monoisotopic (exact) mass is 383 g/mol. The third-order valence-corrected chi connectivity index (χ3v) is 6.05. The summed E-state index contributed by atoms with van der Waals surface area (Å²) >= 11 is 1.54. The van der Waals surface area contributed by atoms with Gasteiger partial charge >= 0.3 is 0 Å². The quantitative estimate of drug-likeness (QED) is 0.482. The van der Waals surface area contributed by atoms with Gasteiger partial charge in [0.1, 0.15) is 17.1 Å². The summed E-state index contributed by atoms with van der Waals surface area (Å²) in [6, 6.07) is 12.1. The third kappa shape index (κ3) is 4.00. The second-order valence-electron chi connectivity index (χ2n) is 5.84. The van der Waals surface area contributed by atoms with E-state index in [2.05, 4.69) is 22.1 Å². The summed E-state index contributed by atoms with van der Waals surface area (Å²) in [6.45, 7) is 0.731. The number of benzene rings is 1. The summed E-state index contributed by atoms with van der Waals surface area (Å²) in [5.74, 6) is 1.67. The molecule has 3 aromatic heterocycles. The predicted molar refractivity (Wildman–Crippen MR) is 103 cm³/mol. The van der Waals surface area contributed by atoms with E-state index in [0.717, 1.165) is 28.6 Å². The van der Waals surface area contributed by atoms with Crippen molar-refractivity contribution in [1.29, 1.82) is 0 Å². The zero-order valence-corrected chi connectivity index (χ0v) is 15.6. The molecule has 1 atom stereocenters. The lowest BCUT2D eigenvalue weighted by atomic mass is 10.2. The Morgan fingerprint density at radius 3 is 2.85 bits per heavy atom. The molecule has 1 aromatic carbocycles. The van der Waals surface area contributed by atoms with E-state index < -0.39 is 10.8 Å². The number of thiazole rings is 1. The van der Waals surface area contributed by atoms with Crippen molar-refractivity contribution < 1.29 is 8.63 Å². The zero-order valence-electron chi connectivity index (χ0n) is 13.9. The van der Waals surface area contributed by atoms with Crippen LogP contribution < -0.4 is 0 Å². The molecular formula is C19H17N3O2S2. The molecule has 0 fully saturated rings. The minimum absolute atomic E-state index is 0.415. The Morgan fingerprint density at radius 1 is 1.15 bits per heavy atom. The molecule has 0 saturated heterocycles. The van der Waals surface area contributed by atoms with Gasteiger partial charge in [-0.1, -0.05) is 30.3 Å². The van der Waals surface area contributed by atoms with Crippen LogP contribution in [0.5, 0.6) is 0 Å². The fraction of sp³-hybridized carbons (Fsp3) is 0.158. The van der Waals surface area contributed by atoms with E-state index in [1.54, 1.807) is 18.7 Å². The van der Waals surface area contributed by atoms with E-state index in [1.807, 2.05) is 40.4 Å². The van der Waals surface area contributed by atoms with E-state index in [4.69, 9.17) is 4.42 Å². The van der Waals surface area contributed by atoms with Gasteiger partial charge in [-0.2, -0.15) is 0 Å². The fourth-order valence-corrected chi connectivity index (χ4v) is 4.68. The van der Waals surface area contributed by atoms with Crippen molar-refractivity contribution in [2.45, 2.75) is 18.1 Å². The van der Waals surface area contributed by atoms with Crippen molar-refractivity contribution in [1.82, 2.24) is 14.5 Å². The maximum absolute atomic E-state index is 12.6. The highest BCUT2D eigenvalue weighted by molar-refractivity contribution is 7.83. The lowest BCUT2D eigenvalue weighted by Crippen LogP contribution is -2.08. The van der Waals surface area contributed by atoms with Crippen molar-refractivity contribution in [2.75, 3.05) is 0 Å². The van der Waals surface area contributed by atoms with Crippen LogP contribution in [0.4, 0.5) is 0 Å². The molecule has 0 N–H and O–H groups in total. The van der Waals surface area contributed by atoms with Gasteiger partial charge in [0.15, 0.2) is 0 Å². The van der Waals surface area contributed by atoms with Gasteiger partial charge in [-0.3, -0.25) is 4.21 Å². The Kier molecular flexibility index (Phi) is 5.08. The highest BCUT2D eigenvalue weighted by atomic mass is 32.2. The molecule has 3 heterocycles. The summed E-state index contributed by atoms with van der Waals surface area (Å²) in [4.78, 5) is 8.93. The summed E-state index contributed by atoms with van der Waals surface area (Å²) < 4.78 is 19.7. The van der Waals surface area contributed by atoms with Gasteiger partial charge in [-0.05, 0) is 11.6 Å². The molecule has 0 saturated carbocycles. The normalized spacial score (nSPS) is 12.3. The number of hydrogen-bond donors (Lipinski definition) is 0. The first-order valence-corrected chi connectivity index (χ1v) is 10.5. The number of imidazole rings is 1. The summed E-state index contributed by atoms with van der Waals surface area (Å²) in [5.41, 5.74) is 2.98. The van der Waals surface area contributed by atoms with Gasteiger partial charge in [0, 0.05) is 40.7 Å². The predicted octanol–water partition coefficient (Wildman–Crippen LogP) is 4.10. The van der Waals surface area contributed by atoms with E-state index in [9.17, 15) is 4.21 Å². The Labute approximate surface area is 157 Å². The van der Waals surface area contributed by atoms with Gasteiger partial charge in [0.05, 0.1) is 23.5 Å². The van der Waals surface area contributed by atoms with Crippen LogP contribution in [0.15, 0.2) is 71.1 Å². The van der Waals surface area contributed by atoms with Crippen LogP contribution in [-0.2, 0) is 28.9 Å². The maximum atomic E-state index is 12.6. The van der Waals surface area contributed by atoms with Crippen LogP contribution in [-0.4, -0.2) is 18.7 Å². The number of furan rings is 1. The molecular weight excluding hydrogens is 366 g/mol. The van der Waals surface area contributed by atoms with Crippen molar-refractivity contribution in [3.63, 3.8) is 0 Å². The molecule has 0 unspecified atom stereocenters. The molecule has 0 aliphatic rings. The molecule has 7 heteroatoms. The molecule has 132 valence electrons. The minimum Gasteiger partial charge on any atom is -0.472 e. The summed E-state index contributed by atoms with van der Waals surface area (Å²) in [7, 11) is -1.06. The second kappa shape index (κ2) is 7.80. The van der Waals surface area contributed by atoms with Crippen LogP contribution >= 0.6 is 11.3 Å². The minimum atomic E-state index is -1.06. The first-order chi connectivity index (χ1) is 12.8. The Morgan fingerprint density at radius 2 is 2.04 bits per heavy atom. The third-order valence-electron chi connectivity index (χ3n) is 3.92. The SMILES string of the molecule is O=[S@](Cc1csc(-c2ccoc2)n1)Cc1nccn1Cc1ccccc1. The smallest absolute Gasteiger partial charge is 0.126 e. The van der Waals surface area contributed by atoms with Crippen molar-refractivity contribution in [2.24, 2.45) is 0 Å². The molecule has 4 aromatic rings. The van der Waals surface area contributed by atoms with Crippen LogP contribution in [0.3, 0.4) is 0 Å². The van der Waals surface area contributed by atoms with Crippen molar-refractivity contribution >= 4 is 22.1 Å². The molecule has 5 nitrogen and oxygen atoms in total. The van der Waals surface area contributed by atoms with E-state index in [0.29, 0.717) is 11.5 Å². The fourth-order valence-electron chi connectivity index (χ4n) is 2.66. The van der Waals surface area contributed by atoms with Crippen LogP contribution in [0.25, 0.3) is 10.6 Å². The molecule has 0 bridgehead atoms. The van der Waals surface area contributed by atoms with Crippen molar-refractivity contribution in [3.8, 4) is 10.6 Å². The maximum Gasteiger partial charge on any atom is 0.126 e. The Hall–Kier alpha value is -2.51. The molecule has 0 amide bonds. The lowest BCUT2D eigenvalue weighted by Gasteiger charge is -2.07. The average molecular weight is 383 g/mol. The zero-order chi connectivity index (χ0) is 17.8. The van der Waals surface area contributed by atoms with Crippen molar-refractivity contribution in [3.05, 3.63) is 83.8 Å². The molecule has 0 spiro atoms. The summed E-state index contributed by atoms with van der Waals surface area (Å²) in [6.07, 6.45) is 6.98. The first-order valence-electron chi connectivity index (χ1n) is 8.14. The standard InChI is InChI=1S/C19H17N3O2S2/c23-26(13-17-12-25-19(21-17)16-6-9-24-11-16)14-18-20-7-8-22(18)10-15-4-2-1-3-5-15/h1-9,11-12H,10,13-14H2/t26-/m1/s1. The van der Waals surface area contributed by atoms with Crippen LogP contribution in [0.1, 0.15) is 17.1 Å². The van der Waals surface area contributed by atoms with Gasteiger partial charge in [0.2, 0.25) is 0 Å². The molecule has 4 rings (SSSR count). The van der Waals surface area contributed by atoms with E-state index >= 15 is 0 Å². The highest BCUT2D eigenvalue weighted by Gasteiger charge is 2.12. The van der Waals surface area contributed by atoms with Gasteiger partial charge < -0.3 is 8.98 Å².